The number of aliphatic hydroxyl groups is 1. The van der Waals surface area contributed by atoms with E-state index in [1.54, 1.807) is 0 Å². The molecular weight excluding hydrogens is 148 g/mol. The average molecular weight is 168 g/mol. The lowest BCUT2D eigenvalue weighted by Gasteiger charge is -2.25. The van der Waals surface area contributed by atoms with Crippen LogP contribution in [0.4, 0.5) is 0 Å². The second-order valence-corrected chi connectivity index (χ2v) is 4.03. The van der Waals surface area contributed by atoms with E-state index in [2.05, 4.69) is 13.8 Å². The van der Waals surface area contributed by atoms with Gasteiger partial charge in [-0.3, -0.25) is 0 Å². The highest BCUT2D eigenvalue weighted by Gasteiger charge is 2.17. The molecule has 0 aromatic rings. The van der Waals surface area contributed by atoms with Gasteiger partial charge in [0.2, 0.25) is 0 Å². The predicted octanol–water partition coefficient (Wildman–Crippen LogP) is 2.89. The third-order valence-electron chi connectivity index (χ3n) is 3.06. The molecule has 1 fully saturated rings. The highest BCUT2D eigenvalue weighted by atomic mass is 16.3. The van der Waals surface area contributed by atoms with Crippen molar-refractivity contribution in [2.24, 2.45) is 5.92 Å². The van der Waals surface area contributed by atoms with Crippen LogP contribution in [0.3, 0.4) is 0 Å². The maximum Gasteiger partial charge on any atom is 0.0721 e. The van der Waals surface area contributed by atoms with Crippen molar-refractivity contribution in [3.63, 3.8) is 0 Å². The Bertz CT molecular complexity index is 179. The van der Waals surface area contributed by atoms with Crippen LogP contribution >= 0.6 is 0 Å². The monoisotopic (exact) mass is 168 g/mol. The van der Waals surface area contributed by atoms with Gasteiger partial charge in [0.05, 0.1) is 6.10 Å². The molecule has 0 aromatic heterocycles. The summed E-state index contributed by atoms with van der Waals surface area (Å²) in [7, 11) is 0. The third kappa shape index (κ3) is 2.10. The Hall–Kier alpha value is -0.300. The summed E-state index contributed by atoms with van der Waals surface area (Å²) >= 11 is 0. The molecule has 1 aliphatic rings. The van der Waals surface area contributed by atoms with Crippen LogP contribution in [0.1, 0.15) is 46.5 Å². The minimum atomic E-state index is -0.249. The third-order valence-corrected chi connectivity index (χ3v) is 3.06. The molecule has 12 heavy (non-hydrogen) atoms. The van der Waals surface area contributed by atoms with Crippen molar-refractivity contribution in [2.75, 3.05) is 0 Å². The van der Waals surface area contributed by atoms with E-state index >= 15 is 0 Å². The van der Waals surface area contributed by atoms with Crippen LogP contribution < -0.4 is 0 Å². The Morgan fingerprint density at radius 1 is 1.50 bits per heavy atom. The molecule has 0 bridgehead atoms. The maximum absolute atomic E-state index is 9.43. The quantitative estimate of drug-likeness (QED) is 0.597. The van der Waals surface area contributed by atoms with Gasteiger partial charge >= 0.3 is 0 Å². The second-order valence-electron chi connectivity index (χ2n) is 4.03. The summed E-state index contributed by atoms with van der Waals surface area (Å²) in [5, 5.41) is 9.43. The van der Waals surface area contributed by atoms with Crippen molar-refractivity contribution < 1.29 is 5.11 Å². The molecule has 0 saturated heterocycles. The van der Waals surface area contributed by atoms with E-state index in [1.807, 2.05) is 6.92 Å². The van der Waals surface area contributed by atoms with E-state index in [9.17, 15) is 5.11 Å². The Balaban J connectivity index is 2.75. The highest BCUT2D eigenvalue weighted by molar-refractivity contribution is 5.19. The summed E-state index contributed by atoms with van der Waals surface area (Å²) in [5.41, 5.74) is 2.72. The summed E-state index contributed by atoms with van der Waals surface area (Å²) in [4.78, 5) is 0. The van der Waals surface area contributed by atoms with Crippen LogP contribution in [0.5, 0.6) is 0 Å². The lowest BCUT2D eigenvalue weighted by molar-refractivity contribution is 0.227. The van der Waals surface area contributed by atoms with Crippen molar-refractivity contribution in [1.82, 2.24) is 0 Å². The maximum atomic E-state index is 9.43. The molecule has 2 atom stereocenters. The first-order chi connectivity index (χ1) is 5.63. The van der Waals surface area contributed by atoms with Crippen LogP contribution in [0.2, 0.25) is 0 Å². The van der Waals surface area contributed by atoms with Crippen molar-refractivity contribution in [3.8, 4) is 0 Å². The molecule has 0 radical (unpaired) electrons. The molecule has 1 aliphatic carbocycles. The standard InChI is InChI=1S/C11H20O/c1-8-6-4-5-7-11(8)9(2)10(3)12/h8,10,12H,4-7H2,1-3H3. The zero-order chi connectivity index (χ0) is 9.14. The largest absolute Gasteiger partial charge is 0.389 e. The summed E-state index contributed by atoms with van der Waals surface area (Å²) in [5.74, 6) is 0.702. The van der Waals surface area contributed by atoms with Gasteiger partial charge in [-0.1, -0.05) is 18.9 Å². The van der Waals surface area contributed by atoms with Gasteiger partial charge < -0.3 is 5.11 Å². The van der Waals surface area contributed by atoms with Crippen LogP contribution in [0.25, 0.3) is 0 Å². The number of allylic oxidation sites excluding steroid dienone is 1. The van der Waals surface area contributed by atoms with Crippen LogP contribution in [0.15, 0.2) is 11.1 Å². The lowest BCUT2D eigenvalue weighted by Crippen LogP contribution is -2.13. The summed E-state index contributed by atoms with van der Waals surface area (Å²) in [6.07, 6.45) is 4.93. The van der Waals surface area contributed by atoms with E-state index in [1.165, 1.54) is 36.8 Å². The van der Waals surface area contributed by atoms with Crippen molar-refractivity contribution >= 4 is 0 Å². The first-order valence-corrected chi connectivity index (χ1v) is 5.00. The predicted molar refractivity (Wildman–Crippen MR) is 52.0 cm³/mol. The van der Waals surface area contributed by atoms with Crippen LogP contribution in [0, 0.1) is 5.92 Å². The molecular formula is C11H20O. The molecule has 1 heteroatoms. The van der Waals surface area contributed by atoms with E-state index in [0.717, 1.165) is 0 Å². The van der Waals surface area contributed by atoms with Crippen molar-refractivity contribution in [2.45, 2.75) is 52.6 Å². The van der Waals surface area contributed by atoms with Crippen molar-refractivity contribution in [1.29, 1.82) is 0 Å². The van der Waals surface area contributed by atoms with Crippen LogP contribution in [-0.4, -0.2) is 11.2 Å². The van der Waals surface area contributed by atoms with E-state index < -0.39 is 0 Å². The fourth-order valence-electron chi connectivity index (χ4n) is 2.04. The SMILES string of the molecule is CC(=C1CCCCC1C)C(C)O. The van der Waals surface area contributed by atoms with Gasteiger partial charge in [-0.15, -0.1) is 0 Å². The number of hydrogen-bond donors (Lipinski definition) is 1. The van der Waals surface area contributed by atoms with E-state index in [-0.39, 0.29) is 6.10 Å². The van der Waals surface area contributed by atoms with E-state index in [0.29, 0.717) is 5.92 Å². The number of rotatable bonds is 1. The van der Waals surface area contributed by atoms with Gasteiger partial charge in [-0.05, 0) is 44.6 Å². The molecule has 1 N–H and O–H groups in total. The zero-order valence-electron chi connectivity index (χ0n) is 8.43. The van der Waals surface area contributed by atoms with E-state index in [4.69, 9.17) is 0 Å². The smallest absolute Gasteiger partial charge is 0.0721 e. The summed E-state index contributed by atoms with van der Waals surface area (Å²) in [6.45, 7) is 6.21. The Morgan fingerprint density at radius 3 is 2.67 bits per heavy atom. The molecule has 0 heterocycles. The fourth-order valence-corrected chi connectivity index (χ4v) is 2.04. The van der Waals surface area contributed by atoms with Gasteiger partial charge in [0, 0.05) is 0 Å². The van der Waals surface area contributed by atoms with Gasteiger partial charge in [0.15, 0.2) is 0 Å². The molecule has 70 valence electrons. The first-order valence-electron chi connectivity index (χ1n) is 5.00. The molecule has 0 amide bonds. The minimum absolute atomic E-state index is 0.249. The molecule has 0 aliphatic heterocycles. The number of hydrogen-bond acceptors (Lipinski definition) is 1. The molecule has 1 saturated carbocycles. The Morgan fingerprint density at radius 2 is 2.17 bits per heavy atom. The normalized spacial score (nSPS) is 31.5. The summed E-state index contributed by atoms with van der Waals surface area (Å²) in [6, 6.07) is 0. The van der Waals surface area contributed by atoms with Crippen molar-refractivity contribution in [3.05, 3.63) is 11.1 Å². The zero-order valence-corrected chi connectivity index (χ0v) is 8.43. The van der Waals surface area contributed by atoms with Gasteiger partial charge in [0.1, 0.15) is 0 Å². The summed E-state index contributed by atoms with van der Waals surface area (Å²) < 4.78 is 0. The average Bonchev–Trinajstić information content (AvgIpc) is 2.04. The number of aliphatic hydroxyl groups excluding tert-OH is 1. The molecule has 1 rings (SSSR count). The molecule has 0 spiro atoms. The highest BCUT2D eigenvalue weighted by Crippen LogP contribution is 2.31. The molecule has 1 nitrogen and oxygen atoms in total. The van der Waals surface area contributed by atoms with Crippen LogP contribution in [-0.2, 0) is 0 Å². The Kier molecular flexibility index (Phi) is 3.33. The van der Waals surface area contributed by atoms with Gasteiger partial charge in [0.25, 0.3) is 0 Å². The first kappa shape index (κ1) is 9.79. The molecule has 2 unspecified atom stereocenters. The topological polar surface area (TPSA) is 20.2 Å². The lowest BCUT2D eigenvalue weighted by atomic mass is 9.82. The van der Waals surface area contributed by atoms with Gasteiger partial charge in [-0.25, -0.2) is 0 Å². The minimum Gasteiger partial charge on any atom is -0.389 e. The second kappa shape index (κ2) is 4.08. The molecule has 0 aromatic carbocycles. The fraction of sp³-hybridized carbons (Fsp3) is 0.818. The Labute approximate surface area is 75.5 Å². The van der Waals surface area contributed by atoms with Gasteiger partial charge in [-0.2, -0.15) is 0 Å².